The lowest BCUT2D eigenvalue weighted by atomic mass is 10.2. The number of carbonyl (C=O) groups excluding carboxylic acids is 1. The number of nitrogens with one attached hydrogen (secondary N) is 1. The maximum atomic E-state index is 12.9. The van der Waals surface area contributed by atoms with Crippen molar-refractivity contribution >= 4 is 28.5 Å². The van der Waals surface area contributed by atoms with Gasteiger partial charge in [0.2, 0.25) is 5.95 Å². The van der Waals surface area contributed by atoms with Crippen molar-refractivity contribution in [1.82, 2.24) is 18.9 Å². The highest BCUT2D eigenvalue weighted by Crippen LogP contribution is 2.21. The molecule has 0 unspecified atom stereocenters. The number of para-hydroxylation sites is 2. The highest BCUT2D eigenvalue weighted by atomic mass is 16.5. The van der Waals surface area contributed by atoms with Crippen LogP contribution in [0, 0.1) is 0 Å². The molecule has 0 fully saturated rings. The summed E-state index contributed by atoms with van der Waals surface area (Å²) in [6, 6.07) is 20.8. The molecule has 0 spiro atoms. The summed E-state index contributed by atoms with van der Waals surface area (Å²) >= 11 is 0. The number of ether oxygens (including phenoxy) is 1. The molecule has 31 heavy (non-hydrogen) atoms. The van der Waals surface area contributed by atoms with Crippen molar-refractivity contribution in [3.63, 3.8) is 0 Å². The van der Waals surface area contributed by atoms with Crippen molar-refractivity contribution in [2.24, 2.45) is 0 Å². The molecule has 154 valence electrons. The Bertz CT molecular complexity index is 1350. The Morgan fingerprint density at radius 1 is 1.03 bits per heavy atom. The number of aromatic nitrogens is 4. The molecule has 0 aliphatic carbocycles. The Morgan fingerprint density at radius 3 is 2.77 bits per heavy atom. The molecular weight excluding hydrogens is 390 g/mol. The van der Waals surface area contributed by atoms with E-state index in [-0.39, 0.29) is 5.91 Å². The zero-order chi connectivity index (χ0) is 21.2. The molecule has 0 aliphatic heterocycles. The molecular formula is C24H21N5O2. The summed E-state index contributed by atoms with van der Waals surface area (Å²) in [4.78, 5) is 22.0. The fourth-order valence-corrected chi connectivity index (χ4v) is 3.61. The lowest BCUT2D eigenvalue weighted by Crippen LogP contribution is -2.15. The van der Waals surface area contributed by atoms with Crippen LogP contribution in [0.3, 0.4) is 0 Å². The number of nitrogens with zero attached hydrogens (tertiary/aromatic N) is 4. The number of anilines is 1. The monoisotopic (exact) mass is 411 g/mol. The smallest absolute Gasteiger partial charge is 0.258 e. The normalized spacial score (nSPS) is 11.1. The van der Waals surface area contributed by atoms with Crippen molar-refractivity contribution < 1.29 is 9.53 Å². The molecule has 0 saturated heterocycles. The van der Waals surface area contributed by atoms with Gasteiger partial charge in [0.15, 0.2) is 0 Å². The van der Waals surface area contributed by atoms with Gasteiger partial charge >= 0.3 is 0 Å². The number of carbonyl (C=O) groups is 1. The average Bonchev–Trinajstić information content (AvgIpc) is 3.38. The van der Waals surface area contributed by atoms with Gasteiger partial charge in [-0.25, -0.2) is 9.97 Å². The summed E-state index contributed by atoms with van der Waals surface area (Å²) in [5.41, 5.74) is 4.03. The fourth-order valence-electron chi connectivity index (χ4n) is 3.61. The second-order valence-corrected chi connectivity index (χ2v) is 7.14. The number of hydrogen-bond donors (Lipinski definition) is 1. The summed E-state index contributed by atoms with van der Waals surface area (Å²) in [6.45, 7) is 3.05. The minimum absolute atomic E-state index is 0.233. The Balaban J connectivity index is 1.32. The van der Waals surface area contributed by atoms with Crippen molar-refractivity contribution in [3.8, 4) is 5.75 Å². The number of aryl methyl sites for hydroxylation is 1. The third-order valence-corrected chi connectivity index (χ3v) is 5.09. The zero-order valence-electron chi connectivity index (χ0n) is 17.0. The minimum Gasteiger partial charge on any atom is -0.487 e. The largest absolute Gasteiger partial charge is 0.487 e. The van der Waals surface area contributed by atoms with Gasteiger partial charge in [0, 0.05) is 24.5 Å². The molecule has 1 N–H and O–H groups in total. The third-order valence-electron chi connectivity index (χ3n) is 5.09. The molecule has 3 aromatic heterocycles. The predicted molar refractivity (Wildman–Crippen MR) is 119 cm³/mol. The van der Waals surface area contributed by atoms with E-state index in [2.05, 4.69) is 15.3 Å². The van der Waals surface area contributed by atoms with Crippen molar-refractivity contribution in [1.29, 1.82) is 0 Å². The zero-order valence-corrected chi connectivity index (χ0v) is 17.0. The van der Waals surface area contributed by atoms with Crippen molar-refractivity contribution in [2.45, 2.75) is 20.1 Å². The maximum Gasteiger partial charge on any atom is 0.258 e. The number of imidazole rings is 2. The Kier molecular flexibility index (Phi) is 4.84. The van der Waals surface area contributed by atoms with Crippen LogP contribution in [0.25, 0.3) is 16.7 Å². The molecule has 0 atom stereocenters. The number of fused-ring (bicyclic) bond motifs is 2. The van der Waals surface area contributed by atoms with E-state index < -0.39 is 0 Å². The van der Waals surface area contributed by atoms with E-state index in [1.54, 1.807) is 18.2 Å². The van der Waals surface area contributed by atoms with Crippen molar-refractivity contribution in [3.05, 3.63) is 90.4 Å². The second-order valence-electron chi connectivity index (χ2n) is 7.14. The molecule has 0 aliphatic rings. The van der Waals surface area contributed by atoms with Crippen LogP contribution in [-0.2, 0) is 13.2 Å². The predicted octanol–water partition coefficient (Wildman–Crippen LogP) is 4.54. The third kappa shape index (κ3) is 3.73. The van der Waals surface area contributed by atoms with Gasteiger partial charge in [-0.2, -0.15) is 0 Å². The van der Waals surface area contributed by atoms with Crippen molar-refractivity contribution in [2.75, 3.05) is 5.32 Å². The maximum absolute atomic E-state index is 12.9. The standard InChI is InChI=1S/C24H21N5O2/c1-2-29-21-11-4-3-10-20(21)26-24(29)27-23(30)17-8-7-9-19(14-17)31-16-18-15-28-13-6-5-12-22(28)25-18/h3-15H,2,16H2,1H3,(H,26,27,30). The summed E-state index contributed by atoms with van der Waals surface area (Å²) < 4.78 is 9.81. The first-order valence-corrected chi connectivity index (χ1v) is 10.1. The number of benzene rings is 2. The summed E-state index contributed by atoms with van der Waals surface area (Å²) in [6.07, 6.45) is 3.88. The van der Waals surface area contributed by atoms with E-state index in [1.165, 1.54) is 0 Å². The molecule has 5 rings (SSSR count). The van der Waals surface area contributed by atoms with E-state index in [0.717, 1.165) is 22.4 Å². The van der Waals surface area contributed by atoms with E-state index in [1.807, 2.05) is 76.8 Å². The van der Waals surface area contributed by atoms with Gasteiger partial charge in [-0.1, -0.05) is 24.3 Å². The van der Waals surface area contributed by atoms with Crippen LogP contribution in [-0.4, -0.2) is 24.8 Å². The van der Waals surface area contributed by atoms with Gasteiger partial charge < -0.3 is 13.7 Å². The lowest BCUT2D eigenvalue weighted by molar-refractivity contribution is 0.102. The van der Waals surface area contributed by atoms with Gasteiger partial charge in [-0.05, 0) is 49.4 Å². The highest BCUT2D eigenvalue weighted by molar-refractivity contribution is 6.04. The van der Waals surface area contributed by atoms with E-state index in [4.69, 9.17) is 4.74 Å². The SMILES string of the molecule is CCn1c(NC(=O)c2cccc(OCc3cn4ccccc4n3)c2)nc2ccccc21. The molecule has 7 nitrogen and oxygen atoms in total. The van der Waals surface area contributed by atoms with E-state index in [9.17, 15) is 4.79 Å². The molecule has 5 aromatic rings. The molecule has 0 saturated carbocycles. The van der Waals surface area contributed by atoms with Gasteiger partial charge in [-0.3, -0.25) is 10.1 Å². The van der Waals surface area contributed by atoms with E-state index in [0.29, 0.717) is 30.4 Å². The van der Waals surface area contributed by atoms with Gasteiger partial charge in [-0.15, -0.1) is 0 Å². The first kappa shape index (κ1) is 18.9. The quantitative estimate of drug-likeness (QED) is 0.445. The van der Waals surface area contributed by atoms with Crippen LogP contribution in [0.1, 0.15) is 23.0 Å². The Morgan fingerprint density at radius 2 is 1.90 bits per heavy atom. The number of rotatable bonds is 6. The molecule has 2 aromatic carbocycles. The number of hydrogen-bond acceptors (Lipinski definition) is 4. The van der Waals surface area contributed by atoms with Crippen LogP contribution in [0.2, 0.25) is 0 Å². The fraction of sp³-hybridized carbons (Fsp3) is 0.125. The van der Waals surface area contributed by atoms with Gasteiger partial charge in [0.05, 0.1) is 16.7 Å². The first-order chi connectivity index (χ1) is 15.2. The number of pyridine rings is 1. The lowest BCUT2D eigenvalue weighted by Gasteiger charge is -2.09. The number of amides is 1. The summed E-state index contributed by atoms with van der Waals surface area (Å²) in [5.74, 6) is 0.904. The Labute approximate surface area is 178 Å². The Hall–Kier alpha value is -4.13. The van der Waals surface area contributed by atoms with Gasteiger partial charge in [0.25, 0.3) is 5.91 Å². The van der Waals surface area contributed by atoms with Crippen LogP contribution >= 0.6 is 0 Å². The topological polar surface area (TPSA) is 73.5 Å². The summed E-state index contributed by atoms with van der Waals surface area (Å²) in [5, 5.41) is 2.93. The molecule has 3 heterocycles. The molecule has 0 radical (unpaired) electrons. The first-order valence-electron chi connectivity index (χ1n) is 10.1. The van der Waals surface area contributed by atoms with Crippen LogP contribution in [0.15, 0.2) is 79.1 Å². The average molecular weight is 411 g/mol. The van der Waals surface area contributed by atoms with E-state index >= 15 is 0 Å². The van der Waals surface area contributed by atoms with Gasteiger partial charge in [0.1, 0.15) is 18.0 Å². The second kappa shape index (κ2) is 7.95. The molecule has 7 heteroatoms. The summed E-state index contributed by atoms with van der Waals surface area (Å²) in [7, 11) is 0. The minimum atomic E-state index is -0.233. The molecule has 1 amide bonds. The van der Waals surface area contributed by atoms with Crippen LogP contribution in [0.5, 0.6) is 5.75 Å². The van der Waals surface area contributed by atoms with Crippen LogP contribution in [0.4, 0.5) is 5.95 Å². The van der Waals surface area contributed by atoms with Crippen LogP contribution < -0.4 is 10.1 Å². The highest BCUT2D eigenvalue weighted by Gasteiger charge is 2.14. The molecule has 0 bridgehead atoms.